The maximum Gasteiger partial charge on any atom is 0.275 e. The molecule has 1 aromatic carbocycles. The fraction of sp³-hybridized carbons (Fsp3) is 0. The van der Waals surface area contributed by atoms with Gasteiger partial charge in [-0.05, 0) is 18.2 Å². The SMILES string of the molecule is O=C(c1ccc(Cl)c(Cl)c1)c1c[nH]c2c(=O)[nH]cnc12. The molecule has 0 aliphatic heterocycles. The maximum absolute atomic E-state index is 12.4. The summed E-state index contributed by atoms with van der Waals surface area (Å²) in [5.74, 6) is -0.284. The molecular formula is C13H7Cl2N3O2. The second-order valence-electron chi connectivity index (χ2n) is 4.12. The van der Waals surface area contributed by atoms with Crippen molar-refractivity contribution in [3.63, 3.8) is 0 Å². The zero-order chi connectivity index (χ0) is 14.3. The van der Waals surface area contributed by atoms with Crippen LogP contribution in [0.3, 0.4) is 0 Å². The Hall–Kier alpha value is -2.11. The zero-order valence-electron chi connectivity index (χ0n) is 9.91. The van der Waals surface area contributed by atoms with Crippen molar-refractivity contribution in [3.8, 4) is 0 Å². The minimum absolute atomic E-state index is 0.260. The van der Waals surface area contributed by atoms with E-state index in [1.165, 1.54) is 18.6 Å². The Balaban J connectivity index is 2.15. The van der Waals surface area contributed by atoms with Crippen molar-refractivity contribution in [3.05, 3.63) is 62.2 Å². The molecule has 0 unspecified atom stereocenters. The lowest BCUT2D eigenvalue weighted by atomic mass is 10.1. The lowest BCUT2D eigenvalue weighted by Gasteiger charge is -2.01. The van der Waals surface area contributed by atoms with Gasteiger partial charge in [0.1, 0.15) is 11.0 Å². The smallest absolute Gasteiger partial charge is 0.275 e. The number of aromatic nitrogens is 3. The lowest BCUT2D eigenvalue weighted by molar-refractivity contribution is 0.104. The maximum atomic E-state index is 12.4. The summed E-state index contributed by atoms with van der Waals surface area (Å²) >= 11 is 11.7. The molecule has 0 spiro atoms. The Bertz CT molecular complexity index is 883. The van der Waals surface area contributed by atoms with Gasteiger partial charge < -0.3 is 9.97 Å². The van der Waals surface area contributed by atoms with Gasteiger partial charge in [0.2, 0.25) is 0 Å². The molecule has 2 aromatic heterocycles. The van der Waals surface area contributed by atoms with E-state index in [1.54, 1.807) is 12.1 Å². The molecule has 0 bridgehead atoms. The van der Waals surface area contributed by atoms with Crippen LogP contribution in [0.5, 0.6) is 0 Å². The molecule has 7 heteroatoms. The Morgan fingerprint density at radius 1 is 1.15 bits per heavy atom. The van der Waals surface area contributed by atoms with Crippen LogP contribution in [-0.2, 0) is 0 Å². The van der Waals surface area contributed by atoms with Crippen molar-refractivity contribution in [1.29, 1.82) is 0 Å². The van der Waals surface area contributed by atoms with Gasteiger partial charge in [-0.1, -0.05) is 23.2 Å². The molecule has 2 N–H and O–H groups in total. The predicted molar refractivity (Wildman–Crippen MR) is 76.6 cm³/mol. The van der Waals surface area contributed by atoms with Crippen LogP contribution < -0.4 is 5.56 Å². The number of halogens is 2. The molecule has 0 saturated heterocycles. The van der Waals surface area contributed by atoms with Crippen molar-refractivity contribution < 1.29 is 4.79 Å². The summed E-state index contributed by atoms with van der Waals surface area (Å²) in [5, 5.41) is 0.667. The first kappa shape index (κ1) is 12.9. The van der Waals surface area contributed by atoms with Crippen molar-refractivity contribution in [2.45, 2.75) is 0 Å². The number of carbonyl (C=O) groups is 1. The first-order valence-corrected chi connectivity index (χ1v) is 6.38. The second kappa shape index (κ2) is 4.77. The summed E-state index contributed by atoms with van der Waals surface area (Å²) in [6.07, 6.45) is 2.71. The van der Waals surface area contributed by atoms with Gasteiger partial charge in [0.25, 0.3) is 5.56 Å². The largest absolute Gasteiger partial charge is 0.355 e. The molecule has 0 aliphatic rings. The molecule has 100 valence electrons. The summed E-state index contributed by atoms with van der Waals surface area (Å²) in [6, 6.07) is 4.60. The molecule has 0 fully saturated rings. The van der Waals surface area contributed by atoms with E-state index in [-0.39, 0.29) is 16.9 Å². The van der Waals surface area contributed by atoms with Crippen LogP contribution in [0, 0.1) is 0 Å². The highest BCUT2D eigenvalue weighted by atomic mass is 35.5. The fourth-order valence-electron chi connectivity index (χ4n) is 1.92. The number of ketones is 1. The molecule has 3 rings (SSSR count). The molecule has 2 heterocycles. The van der Waals surface area contributed by atoms with E-state index in [4.69, 9.17) is 23.2 Å². The summed E-state index contributed by atoms with van der Waals surface area (Å²) < 4.78 is 0. The van der Waals surface area contributed by atoms with E-state index in [0.717, 1.165) is 0 Å². The summed E-state index contributed by atoms with van der Waals surface area (Å²) in [4.78, 5) is 33.2. The van der Waals surface area contributed by atoms with Crippen molar-refractivity contribution in [2.24, 2.45) is 0 Å². The lowest BCUT2D eigenvalue weighted by Crippen LogP contribution is -2.07. The quantitative estimate of drug-likeness (QED) is 0.715. The molecule has 20 heavy (non-hydrogen) atoms. The summed E-state index contributed by atoms with van der Waals surface area (Å²) in [7, 11) is 0. The topological polar surface area (TPSA) is 78.6 Å². The first-order chi connectivity index (χ1) is 9.58. The van der Waals surface area contributed by atoms with Gasteiger partial charge in [0.15, 0.2) is 5.78 Å². The third-order valence-corrected chi connectivity index (χ3v) is 3.63. The van der Waals surface area contributed by atoms with Crippen molar-refractivity contribution in [1.82, 2.24) is 15.0 Å². The number of hydrogen-bond acceptors (Lipinski definition) is 3. The molecule has 0 amide bonds. The minimum atomic E-state index is -0.330. The average Bonchev–Trinajstić information content (AvgIpc) is 2.86. The van der Waals surface area contributed by atoms with Crippen LogP contribution in [0.2, 0.25) is 10.0 Å². The zero-order valence-corrected chi connectivity index (χ0v) is 11.4. The van der Waals surface area contributed by atoms with Crippen LogP contribution in [-0.4, -0.2) is 20.7 Å². The number of carbonyl (C=O) groups excluding carboxylic acids is 1. The summed E-state index contributed by atoms with van der Waals surface area (Å²) in [5.41, 5.74) is 0.941. The van der Waals surface area contributed by atoms with Crippen LogP contribution in [0.15, 0.2) is 35.5 Å². The number of fused-ring (bicyclic) bond motifs is 1. The normalized spacial score (nSPS) is 10.9. The summed E-state index contributed by atoms with van der Waals surface area (Å²) in [6.45, 7) is 0. The number of nitrogens with one attached hydrogen (secondary N) is 2. The Morgan fingerprint density at radius 3 is 2.70 bits per heavy atom. The number of aromatic amines is 2. The fourth-order valence-corrected chi connectivity index (χ4v) is 2.21. The van der Waals surface area contributed by atoms with E-state index in [1.807, 2.05) is 0 Å². The van der Waals surface area contributed by atoms with Gasteiger partial charge >= 0.3 is 0 Å². The molecule has 0 saturated carbocycles. The molecule has 0 atom stereocenters. The third-order valence-electron chi connectivity index (χ3n) is 2.90. The monoisotopic (exact) mass is 307 g/mol. The van der Waals surface area contributed by atoms with Crippen LogP contribution >= 0.6 is 23.2 Å². The number of rotatable bonds is 2. The second-order valence-corrected chi connectivity index (χ2v) is 4.93. The highest BCUT2D eigenvalue weighted by Crippen LogP contribution is 2.25. The molecular weight excluding hydrogens is 301 g/mol. The minimum Gasteiger partial charge on any atom is -0.355 e. The van der Waals surface area contributed by atoms with Gasteiger partial charge in [0, 0.05) is 11.8 Å². The number of hydrogen-bond donors (Lipinski definition) is 2. The number of nitrogens with zero attached hydrogens (tertiary/aromatic N) is 1. The standard InChI is InChI=1S/C13H7Cl2N3O2/c14-8-2-1-6(3-9(8)15)12(19)7-4-16-11-10(7)17-5-18-13(11)20/h1-5,16H,(H,17,18,20). The third kappa shape index (κ3) is 2.01. The Labute approximate surface area is 122 Å². The molecule has 0 aliphatic carbocycles. The van der Waals surface area contributed by atoms with Crippen LogP contribution in [0.1, 0.15) is 15.9 Å². The van der Waals surface area contributed by atoms with E-state index in [0.29, 0.717) is 26.7 Å². The van der Waals surface area contributed by atoms with Crippen molar-refractivity contribution in [2.75, 3.05) is 0 Å². The van der Waals surface area contributed by atoms with Gasteiger partial charge in [-0.2, -0.15) is 0 Å². The predicted octanol–water partition coefficient (Wildman–Crippen LogP) is 2.79. The first-order valence-electron chi connectivity index (χ1n) is 5.62. The van der Waals surface area contributed by atoms with E-state index in [2.05, 4.69) is 15.0 Å². The van der Waals surface area contributed by atoms with Gasteiger partial charge in [-0.25, -0.2) is 4.98 Å². The van der Waals surface area contributed by atoms with Crippen LogP contribution in [0.4, 0.5) is 0 Å². The van der Waals surface area contributed by atoms with E-state index < -0.39 is 0 Å². The number of benzene rings is 1. The molecule has 5 nitrogen and oxygen atoms in total. The average molecular weight is 308 g/mol. The molecule has 0 radical (unpaired) electrons. The highest BCUT2D eigenvalue weighted by molar-refractivity contribution is 6.42. The van der Waals surface area contributed by atoms with Crippen LogP contribution in [0.25, 0.3) is 11.0 Å². The van der Waals surface area contributed by atoms with Gasteiger partial charge in [-0.3, -0.25) is 9.59 Å². The van der Waals surface area contributed by atoms with E-state index in [9.17, 15) is 9.59 Å². The van der Waals surface area contributed by atoms with Crippen molar-refractivity contribution >= 4 is 40.0 Å². The van der Waals surface area contributed by atoms with Gasteiger partial charge in [-0.15, -0.1) is 0 Å². The number of H-pyrrole nitrogens is 2. The highest BCUT2D eigenvalue weighted by Gasteiger charge is 2.17. The van der Waals surface area contributed by atoms with E-state index >= 15 is 0 Å². The molecule has 3 aromatic rings. The Kier molecular flexibility index (Phi) is 3.08. The van der Waals surface area contributed by atoms with Gasteiger partial charge in [0.05, 0.1) is 21.9 Å². The Morgan fingerprint density at radius 2 is 1.95 bits per heavy atom.